The lowest BCUT2D eigenvalue weighted by Crippen LogP contribution is -2.29. The van der Waals surface area contributed by atoms with Crippen LogP contribution in [-0.2, 0) is 11.2 Å². The highest BCUT2D eigenvalue weighted by Gasteiger charge is 2.15. The van der Waals surface area contributed by atoms with Crippen LogP contribution < -0.4 is 5.32 Å². The molecule has 0 saturated heterocycles. The maximum Gasteiger partial charge on any atom is 0.228 e. The van der Waals surface area contributed by atoms with Gasteiger partial charge in [0.2, 0.25) is 5.91 Å². The van der Waals surface area contributed by atoms with Crippen LogP contribution in [0.5, 0.6) is 0 Å². The first-order valence-electron chi connectivity index (χ1n) is 7.27. The number of hydrogen-bond acceptors (Lipinski definition) is 5. The van der Waals surface area contributed by atoms with Crippen molar-refractivity contribution in [2.24, 2.45) is 0 Å². The van der Waals surface area contributed by atoms with Gasteiger partial charge in [-0.25, -0.2) is 9.97 Å². The predicted octanol–water partition coefficient (Wildman–Crippen LogP) is 1.32. The van der Waals surface area contributed by atoms with E-state index in [1.165, 1.54) is 0 Å². The van der Waals surface area contributed by atoms with Crippen LogP contribution in [0.2, 0.25) is 0 Å². The standard InChI is InChI=1S/C15H17N7O/c1-9(14-17-10(2)19-21-14)16-13(23)8-12-18-15(22-20-12)11-6-4-3-5-7-11/h3-7,9H,8H2,1-2H3,(H,16,23)(H,17,19,21)(H,18,20,22)/t9-/m1/s1. The third-order valence-electron chi connectivity index (χ3n) is 3.27. The van der Waals surface area contributed by atoms with E-state index in [-0.39, 0.29) is 18.4 Å². The maximum atomic E-state index is 12.1. The minimum absolute atomic E-state index is 0.119. The van der Waals surface area contributed by atoms with E-state index >= 15 is 0 Å². The van der Waals surface area contributed by atoms with Crippen LogP contribution in [-0.4, -0.2) is 36.3 Å². The highest BCUT2D eigenvalue weighted by molar-refractivity contribution is 5.78. The molecule has 3 N–H and O–H groups in total. The van der Waals surface area contributed by atoms with E-state index < -0.39 is 0 Å². The normalized spacial score (nSPS) is 12.1. The fourth-order valence-electron chi connectivity index (χ4n) is 2.15. The molecular weight excluding hydrogens is 294 g/mol. The van der Waals surface area contributed by atoms with Crippen LogP contribution in [0.25, 0.3) is 11.4 Å². The van der Waals surface area contributed by atoms with Gasteiger partial charge in [0.15, 0.2) is 11.6 Å². The molecular formula is C15H17N7O. The smallest absolute Gasteiger partial charge is 0.228 e. The first-order chi connectivity index (χ1) is 11.1. The molecule has 118 valence electrons. The molecule has 2 heterocycles. The van der Waals surface area contributed by atoms with Gasteiger partial charge >= 0.3 is 0 Å². The zero-order valence-corrected chi connectivity index (χ0v) is 12.9. The van der Waals surface area contributed by atoms with E-state index in [1.54, 1.807) is 0 Å². The predicted molar refractivity (Wildman–Crippen MR) is 83.2 cm³/mol. The van der Waals surface area contributed by atoms with E-state index in [1.807, 2.05) is 44.2 Å². The van der Waals surface area contributed by atoms with Crippen molar-refractivity contribution >= 4 is 5.91 Å². The first kappa shape index (κ1) is 14.9. The fourth-order valence-corrected chi connectivity index (χ4v) is 2.15. The molecule has 0 aliphatic carbocycles. The largest absolute Gasteiger partial charge is 0.346 e. The molecule has 0 bridgehead atoms. The fraction of sp³-hybridized carbons (Fsp3) is 0.267. The van der Waals surface area contributed by atoms with Crippen LogP contribution in [0.4, 0.5) is 0 Å². The van der Waals surface area contributed by atoms with Gasteiger partial charge in [0, 0.05) is 5.56 Å². The van der Waals surface area contributed by atoms with Crippen molar-refractivity contribution in [1.29, 1.82) is 0 Å². The summed E-state index contributed by atoms with van der Waals surface area (Å²) in [4.78, 5) is 20.6. The molecule has 0 saturated carbocycles. The highest BCUT2D eigenvalue weighted by atomic mass is 16.1. The zero-order valence-electron chi connectivity index (χ0n) is 12.9. The Morgan fingerprint density at radius 1 is 1.17 bits per heavy atom. The lowest BCUT2D eigenvalue weighted by Gasteiger charge is -2.09. The Hall–Kier alpha value is -3.03. The molecule has 23 heavy (non-hydrogen) atoms. The Kier molecular flexibility index (Phi) is 4.13. The number of aromatic amines is 2. The quantitative estimate of drug-likeness (QED) is 0.658. The number of carbonyl (C=O) groups excluding carboxylic acids is 1. The molecule has 1 atom stereocenters. The Labute approximate surface area is 132 Å². The minimum Gasteiger partial charge on any atom is -0.346 e. The van der Waals surface area contributed by atoms with Gasteiger partial charge in [-0.3, -0.25) is 15.0 Å². The lowest BCUT2D eigenvalue weighted by atomic mass is 10.2. The number of nitrogens with one attached hydrogen (secondary N) is 3. The molecule has 1 amide bonds. The van der Waals surface area contributed by atoms with Crippen molar-refractivity contribution in [2.75, 3.05) is 0 Å². The number of carbonyl (C=O) groups is 1. The van der Waals surface area contributed by atoms with Gasteiger partial charge in [0.1, 0.15) is 11.6 Å². The second-order valence-corrected chi connectivity index (χ2v) is 5.22. The number of aromatic nitrogens is 6. The average Bonchev–Trinajstić information content (AvgIpc) is 3.17. The number of H-pyrrole nitrogens is 2. The van der Waals surface area contributed by atoms with Crippen molar-refractivity contribution in [3.05, 3.63) is 47.8 Å². The van der Waals surface area contributed by atoms with Crippen LogP contribution >= 0.6 is 0 Å². The molecule has 3 aromatic rings. The first-order valence-corrected chi connectivity index (χ1v) is 7.27. The summed E-state index contributed by atoms with van der Waals surface area (Å²) in [6, 6.07) is 9.32. The van der Waals surface area contributed by atoms with Gasteiger partial charge < -0.3 is 5.32 Å². The van der Waals surface area contributed by atoms with E-state index in [0.717, 1.165) is 5.56 Å². The monoisotopic (exact) mass is 311 g/mol. The molecule has 1 aromatic carbocycles. The Morgan fingerprint density at radius 3 is 2.65 bits per heavy atom. The summed E-state index contributed by atoms with van der Waals surface area (Å²) in [6.45, 7) is 3.64. The molecule has 0 fully saturated rings. The second kappa shape index (κ2) is 6.39. The van der Waals surface area contributed by atoms with Gasteiger partial charge in [0.25, 0.3) is 0 Å². The number of benzene rings is 1. The molecule has 0 spiro atoms. The van der Waals surface area contributed by atoms with Gasteiger partial charge in [-0.05, 0) is 13.8 Å². The number of nitrogens with zero attached hydrogens (tertiary/aromatic N) is 4. The summed E-state index contributed by atoms with van der Waals surface area (Å²) in [5, 5.41) is 16.5. The van der Waals surface area contributed by atoms with Crippen molar-refractivity contribution in [3.8, 4) is 11.4 Å². The molecule has 0 aliphatic heterocycles. The lowest BCUT2D eigenvalue weighted by molar-refractivity contribution is -0.121. The third kappa shape index (κ3) is 3.60. The van der Waals surface area contributed by atoms with Crippen molar-refractivity contribution in [3.63, 3.8) is 0 Å². The molecule has 0 aliphatic rings. The molecule has 2 aromatic heterocycles. The summed E-state index contributed by atoms with van der Waals surface area (Å²) in [7, 11) is 0. The van der Waals surface area contributed by atoms with E-state index in [9.17, 15) is 4.79 Å². The maximum absolute atomic E-state index is 12.1. The van der Waals surface area contributed by atoms with E-state index in [0.29, 0.717) is 23.3 Å². The molecule has 0 unspecified atom stereocenters. The topological polar surface area (TPSA) is 112 Å². The highest BCUT2D eigenvalue weighted by Crippen LogP contribution is 2.13. The van der Waals surface area contributed by atoms with E-state index in [2.05, 4.69) is 35.7 Å². The number of amides is 1. The Balaban J connectivity index is 1.61. The van der Waals surface area contributed by atoms with Crippen molar-refractivity contribution < 1.29 is 4.79 Å². The van der Waals surface area contributed by atoms with Gasteiger partial charge in [-0.15, -0.1) is 0 Å². The van der Waals surface area contributed by atoms with E-state index in [4.69, 9.17) is 0 Å². The molecule has 8 heteroatoms. The Morgan fingerprint density at radius 2 is 1.96 bits per heavy atom. The van der Waals surface area contributed by atoms with Crippen molar-refractivity contribution in [2.45, 2.75) is 26.3 Å². The molecule has 8 nitrogen and oxygen atoms in total. The van der Waals surface area contributed by atoms with Gasteiger partial charge in [-0.1, -0.05) is 30.3 Å². The summed E-state index contributed by atoms with van der Waals surface area (Å²) in [6.07, 6.45) is 0.119. The minimum atomic E-state index is -0.274. The third-order valence-corrected chi connectivity index (χ3v) is 3.27. The molecule has 0 radical (unpaired) electrons. The van der Waals surface area contributed by atoms with Gasteiger partial charge in [0.05, 0.1) is 12.5 Å². The number of rotatable bonds is 5. The number of aryl methyl sites for hydroxylation is 1. The summed E-state index contributed by atoms with van der Waals surface area (Å²) >= 11 is 0. The van der Waals surface area contributed by atoms with Gasteiger partial charge in [-0.2, -0.15) is 10.2 Å². The Bertz CT molecular complexity index is 793. The zero-order chi connectivity index (χ0) is 16.2. The van der Waals surface area contributed by atoms with Crippen LogP contribution in [0.3, 0.4) is 0 Å². The van der Waals surface area contributed by atoms with Crippen LogP contribution in [0.1, 0.15) is 30.4 Å². The number of hydrogen-bond donors (Lipinski definition) is 3. The summed E-state index contributed by atoms with van der Waals surface area (Å²) in [5.41, 5.74) is 0.903. The van der Waals surface area contributed by atoms with Crippen LogP contribution in [0.15, 0.2) is 30.3 Å². The SMILES string of the molecule is Cc1nc([C@@H](C)NC(=O)Cc2nc(-c3ccccc3)n[nH]2)n[nH]1. The average molecular weight is 311 g/mol. The van der Waals surface area contributed by atoms with Crippen molar-refractivity contribution in [1.82, 2.24) is 35.7 Å². The second-order valence-electron chi connectivity index (χ2n) is 5.22. The summed E-state index contributed by atoms with van der Waals surface area (Å²) in [5.74, 6) is 2.18. The van der Waals surface area contributed by atoms with Crippen LogP contribution in [0, 0.1) is 6.92 Å². The summed E-state index contributed by atoms with van der Waals surface area (Å²) < 4.78 is 0. The molecule has 3 rings (SSSR count).